The predicted molar refractivity (Wildman–Crippen MR) is 144 cm³/mol. The number of nitrogens with zero attached hydrogens (tertiary/aromatic N) is 3. The predicted octanol–water partition coefficient (Wildman–Crippen LogP) is 7.80. The fourth-order valence-corrected chi connectivity index (χ4v) is 6.76. The summed E-state index contributed by atoms with van der Waals surface area (Å²) in [6.45, 7) is 2.34. The van der Waals surface area contributed by atoms with Gasteiger partial charge in [0.05, 0.1) is 34.8 Å². The molecule has 3 aliphatic carbocycles. The molecule has 0 saturated heterocycles. The van der Waals surface area contributed by atoms with Crippen LogP contribution in [0.5, 0.6) is 0 Å². The third-order valence-electron chi connectivity index (χ3n) is 8.30. The summed E-state index contributed by atoms with van der Waals surface area (Å²) in [6, 6.07) is 16.3. The van der Waals surface area contributed by atoms with Crippen molar-refractivity contribution in [3.8, 4) is 6.07 Å². The average molecular weight is 472 g/mol. The molecule has 4 aliphatic rings. The maximum Gasteiger partial charge on any atom is 0.125 e. The molecule has 0 N–H and O–H groups in total. The lowest BCUT2D eigenvalue weighted by Crippen LogP contribution is -2.46. The minimum Gasteiger partial charge on any atom is -0.352 e. The van der Waals surface area contributed by atoms with E-state index >= 15 is 0 Å². The van der Waals surface area contributed by atoms with Crippen molar-refractivity contribution in [1.82, 2.24) is 4.57 Å². The Balaban J connectivity index is 1.53. The Kier molecular flexibility index (Phi) is 4.53. The number of fused-ring (bicyclic) bond motifs is 6. The van der Waals surface area contributed by atoms with Gasteiger partial charge in [-0.05, 0) is 62.1 Å². The molecule has 36 heavy (non-hydrogen) atoms. The lowest BCUT2D eigenvalue weighted by molar-refractivity contribution is 0.469. The molecule has 4 heteroatoms. The van der Waals surface area contributed by atoms with Crippen molar-refractivity contribution in [2.24, 2.45) is 5.92 Å². The molecule has 0 bridgehead atoms. The number of rotatable bonds is 2. The second kappa shape index (κ2) is 7.70. The van der Waals surface area contributed by atoms with Crippen LogP contribution in [0.25, 0.3) is 28.2 Å². The maximum atomic E-state index is 14.6. The number of aromatic nitrogens is 1. The highest BCUT2D eigenvalue weighted by Crippen LogP contribution is 2.56. The SMILES string of the molecule is CC12CC=CC=C1c1ccccc1N2C1CC=Cc2c1n(C1=CC=CCC1C#N)c1cc(F)ccc21. The molecule has 0 amide bonds. The summed E-state index contributed by atoms with van der Waals surface area (Å²) < 4.78 is 16.8. The zero-order chi connectivity index (χ0) is 24.4. The van der Waals surface area contributed by atoms with Crippen LogP contribution in [0.1, 0.15) is 49.0 Å². The first kappa shape index (κ1) is 21.2. The fraction of sp³-hybridized carbons (Fsp3) is 0.219. The molecule has 1 aliphatic heterocycles. The Hall–Kier alpha value is -4.10. The zero-order valence-corrected chi connectivity index (χ0v) is 20.2. The summed E-state index contributed by atoms with van der Waals surface area (Å²) in [6.07, 6.45) is 19.6. The van der Waals surface area contributed by atoms with Crippen LogP contribution in [0.3, 0.4) is 0 Å². The van der Waals surface area contributed by atoms with Crippen molar-refractivity contribution in [3.05, 3.63) is 108 Å². The number of anilines is 1. The van der Waals surface area contributed by atoms with Crippen LogP contribution >= 0.6 is 0 Å². The molecule has 0 spiro atoms. The summed E-state index contributed by atoms with van der Waals surface area (Å²) >= 11 is 0. The van der Waals surface area contributed by atoms with Crippen LogP contribution in [-0.2, 0) is 0 Å². The summed E-state index contributed by atoms with van der Waals surface area (Å²) in [5.41, 5.74) is 7.70. The fourth-order valence-electron chi connectivity index (χ4n) is 6.76. The van der Waals surface area contributed by atoms with Crippen LogP contribution in [0.2, 0.25) is 0 Å². The highest BCUT2D eigenvalue weighted by Gasteiger charge is 2.48. The minimum atomic E-state index is -0.279. The van der Waals surface area contributed by atoms with E-state index in [1.807, 2.05) is 24.3 Å². The number of hydrogen-bond acceptors (Lipinski definition) is 2. The molecule has 3 atom stereocenters. The first-order valence-electron chi connectivity index (χ1n) is 12.6. The minimum absolute atomic E-state index is 0.0372. The van der Waals surface area contributed by atoms with Crippen LogP contribution in [0.4, 0.5) is 10.1 Å². The van der Waals surface area contributed by atoms with E-state index in [2.05, 4.69) is 77.1 Å². The van der Waals surface area contributed by atoms with Gasteiger partial charge in [-0.2, -0.15) is 5.26 Å². The zero-order valence-electron chi connectivity index (χ0n) is 20.2. The number of benzene rings is 2. The van der Waals surface area contributed by atoms with E-state index in [4.69, 9.17) is 0 Å². The Labute approximate surface area is 210 Å². The monoisotopic (exact) mass is 471 g/mol. The van der Waals surface area contributed by atoms with E-state index < -0.39 is 0 Å². The molecule has 3 nitrogen and oxygen atoms in total. The number of para-hydroxylation sites is 1. The first-order valence-corrected chi connectivity index (χ1v) is 12.6. The van der Waals surface area contributed by atoms with E-state index in [1.54, 1.807) is 12.1 Å². The van der Waals surface area contributed by atoms with Gasteiger partial charge in [0.1, 0.15) is 5.82 Å². The Morgan fingerprint density at radius 2 is 1.89 bits per heavy atom. The van der Waals surface area contributed by atoms with Crippen LogP contribution in [-0.4, -0.2) is 10.1 Å². The van der Waals surface area contributed by atoms with Gasteiger partial charge in [-0.15, -0.1) is 0 Å². The molecule has 7 rings (SSSR count). The van der Waals surface area contributed by atoms with Gasteiger partial charge in [0, 0.05) is 27.9 Å². The van der Waals surface area contributed by atoms with Gasteiger partial charge < -0.3 is 9.47 Å². The summed E-state index contributed by atoms with van der Waals surface area (Å²) in [7, 11) is 0. The maximum absolute atomic E-state index is 14.6. The second-order valence-corrected chi connectivity index (χ2v) is 10.3. The Bertz CT molecular complexity index is 1620. The van der Waals surface area contributed by atoms with Gasteiger partial charge in [0.15, 0.2) is 0 Å². The molecule has 0 radical (unpaired) electrons. The van der Waals surface area contributed by atoms with Crippen LogP contribution < -0.4 is 4.90 Å². The van der Waals surface area contributed by atoms with E-state index in [-0.39, 0.29) is 23.3 Å². The number of halogens is 1. The molecule has 176 valence electrons. The van der Waals surface area contributed by atoms with E-state index in [0.717, 1.165) is 40.7 Å². The van der Waals surface area contributed by atoms with E-state index in [9.17, 15) is 9.65 Å². The smallest absolute Gasteiger partial charge is 0.125 e. The quantitative estimate of drug-likeness (QED) is 0.382. The highest BCUT2D eigenvalue weighted by molar-refractivity contribution is 5.97. The van der Waals surface area contributed by atoms with Gasteiger partial charge in [-0.1, -0.05) is 60.7 Å². The molecule has 0 saturated carbocycles. The molecular weight excluding hydrogens is 445 g/mol. The standard InChI is InChI=1S/C32H26FN3/c1-32-18-7-6-12-26(32)25-10-3-5-14-28(25)36(32)29-15-8-11-24-23-17-16-22(33)19-30(23)35(31(24)29)27-13-4-2-9-21(27)20-34/h2-8,10-14,16-17,19,21,29H,9,15,18H2,1H3. The molecule has 1 aromatic heterocycles. The molecule has 2 aromatic carbocycles. The van der Waals surface area contributed by atoms with Crippen LogP contribution in [0, 0.1) is 23.1 Å². The van der Waals surface area contributed by atoms with Crippen molar-refractivity contribution in [3.63, 3.8) is 0 Å². The highest BCUT2D eigenvalue weighted by atomic mass is 19.1. The molecule has 2 heterocycles. The third kappa shape index (κ3) is 2.77. The Morgan fingerprint density at radius 3 is 2.78 bits per heavy atom. The lowest BCUT2D eigenvalue weighted by Gasteiger charge is -2.45. The largest absolute Gasteiger partial charge is 0.352 e. The Morgan fingerprint density at radius 1 is 1.03 bits per heavy atom. The van der Waals surface area contributed by atoms with E-state index in [0.29, 0.717) is 6.42 Å². The number of allylic oxidation sites excluding steroid dienone is 6. The number of hydrogen-bond donors (Lipinski definition) is 0. The van der Waals surface area contributed by atoms with Crippen molar-refractivity contribution in [2.45, 2.75) is 37.8 Å². The van der Waals surface area contributed by atoms with Gasteiger partial charge >= 0.3 is 0 Å². The third-order valence-corrected chi connectivity index (χ3v) is 8.30. The number of nitriles is 1. The second-order valence-electron chi connectivity index (χ2n) is 10.3. The van der Waals surface area contributed by atoms with Gasteiger partial charge in [0.25, 0.3) is 0 Å². The van der Waals surface area contributed by atoms with E-state index in [1.165, 1.54) is 16.8 Å². The van der Waals surface area contributed by atoms with Crippen molar-refractivity contribution < 1.29 is 4.39 Å². The topological polar surface area (TPSA) is 32.0 Å². The van der Waals surface area contributed by atoms with Crippen molar-refractivity contribution in [1.29, 1.82) is 5.26 Å². The molecular formula is C32H26FN3. The summed E-state index contributed by atoms with van der Waals surface area (Å²) in [5, 5.41) is 11.1. The molecule has 0 fully saturated rings. The first-order chi connectivity index (χ1) is 17.6. The van der Waals surface area contributed by atoms with Gasteiger partial charge in [-0.25, -0.2) is 4.39 Å². The summed E-state index contributed by atoms with van der Waals surface area (Å²) in [5.74, 6) is -0.542. The van der Waals surface area contributed by atoms with Crippen molar-refractivity contribution in [2.75, 3.05) is 4.90 Å². The van der Waals surface area contributed by atoms with Gasteiger partial charge in [-0.3, -0.25) is 0 Å². The van der Waals surface area contributed by atoms with Gasteiger partial charge in [0.2, 0.25) is 0 Å². The normalized spacial score (nSPS) is 25.8. The molecule has 3 aromatic rings. The summed E-state index contributed by atoms with van der Waals surface area (Å²) in [4.78, 5) is 2.59. The average Bonchev–Trinajstić information content (AvgIpc) is 3.37. The lowest BCUT2D eigenvalue weighted by atomic mass is 9.82. The van der Waals surface area contributed by atoms with Crippen molar-refractivity contribution >= 4 is 33.9 Å². The molecule has 3 unspecified atom stereocenters. The van der Waals surface area contributed by atoms with Crippen LogP contribution in [0.15, 0.2) is 85.0 Å².